The number of hydrogen-bond donors (Lipinski definition) is 1. The van der Waals surface area contributed by atoms with E-state index in [1.54, 1.807) is 0 Å². The number of likely N-dealkylation sites (tertiary alicyclic amines) is 1. The molecule has 1 saturated carbocycles. The van der Waals surface area contributed by atoms with Gasteiger partial charge < -0.3 is 5.11 Å². The molecule has 0 spiro atoms. The molecule has 2 aliphatic carbocycles. The highest BCUT2D eigenvalue weighted by atomic mass is 35.5. The lowest BCUT2D eigenvalue weighted by atomic mass is 9.60. The van der Waals surface area contributed by atoms with Crippen LogP contribution in [-0.2, 0) is 11.8 Å². The van der Waals surface area contributed by atoms with E-state index < -0.39 is 0 Å². The van der Waals surface area contributed by atoms with E-state index in [9.17, 15) is 5.11 Å². The topological polar surface area (TPSA) is 23.5 Å². The van der Waals surface area contributed by atoms with Crippen LogP contribution >= 0.6 is 12.4 Å². The Hall–Kier alpha value is -1.51. The zero-order valence-electron chi connectivity index (χ0n) is 14.5. The van der Waals surface area contributed by atoms with Crippen LogP contribution in [0, 0.1) is 5.92 Å². The van der Waals surface area contributed by atoms with Gasteiger partial charge in [-0.3, -0.25) is 4.90 Å². The van der Waals surface area contributed by atoms with Gasteiger partial charge in [-0.15, -0.1) is 12.4 Å². The van der Waals surface area contributed by atoms with Crippen LogP contribution in [0.15, 0.2) is 48.5 Å². The van der Waals surface area contributed by atoms with Gasteiger partial charge in [0.15, 0.2) is 0 Å². The number of hydrogen-bond acceptors (Lipinski definition) is 2. The first-order chi connectivity index (χ1) is 11.7. The second-order valence-corrected chi connectivity index (χ2v) is 8.04. The minimum atomic E-state index is 0. The molecular weight excluding hydrogens is 330 g/mol. The molecule has 2 bridgehead atoms. The Kier molecular flexibility index (Phi) is 4.29. The van der Waals surface area contributed by atoms with Crippen LogP contribution in [0.4, 0.5) is 0 Å². The molecule has 2 atom stereocenters. The maximum absolute atomic E-state index is 10.1. The summed E-state index contributed by atoms with van der Waals surface area (Å²) in [7, 11) is 0. The number of rotatable bonds is 3. The third-order valence-corrected chi connectivity index (χ3v) is 6.51. The smallest absolute Gasteiger partial charge is 0.115 e. The van der Waals surface area contributed by atoms with Crippen molar-refractivity contribution in [3.05, 3.63) is 65.2 Å². The van der Waals surface area contributed by atoms with Crippen LogP contribution in [0.25, 0.3) is 0 Å². The number of aromatic hydroxyl groups is 1. The van der Waals surface area contributed by atoms with Crippen molar-refractivity contribution in [3.8, 4) is 5.75 Å². The largest absolute Gasteiger partial charge is 0.508 e. The van der Waals surface area contributed by atoms with Gasteiger partial charge >= 0.3 is 0 Å². The van der Waals surface area contributed by atoms with Crippen LogP contribution in [0.5, 0.6) is 5.75 Å². The highest BCUT2D eigenvalue weighted by Gasteiger charge is 2.47. The summed E-state index contributed by atoms with van der Waals surface area (Å²) in [6.07, 6.45) is 6.35. The maximum atomic E-state index is 10.1. The first kappa shape index (κ1) is 16.9. The fourth-order valence-corrected chi connectivity index (χ4v) is 5.09. The molecule has 3 heteroatoms. The third kappa shape index (κ3) is 2.86. The van der Waals surface area contributed by atoms with Crippen LogP contribution in [0.3, 0.4) is 0 Å². The van der Waals surface area contributed by atoms with Crippen molar-refractivity contribution in [2.45, 2.75) is 43.6 Å². The number of benzene rings is 2. The van der Waals surface area contributed by atoms with Crippen molar-refractivity contribution in [3.63, 3.8) is 0 Å². The van der Waals surface area contributed by atoms with E-state index in [4.69, 9.17) is 0 Å². The Morgan fingerprint density at radius 2 is 1.88 bits per heavy atom. The molecule has 0 radical (unpaired) electrons. The molecule has 2 fully saturated rings. The summed E-state index contributed by atoms with van der Waals surface area (Å²) in [4.78, 5) is 2.76. The summed E-state index contributed by atoms with van der Waals surface area (Å²) in [5.74, 6) is 1.36. The van der Waals surface area contributed by atoms with E-state index in [0.29, 0.717) is 11.8 Å². The Balaban J connectivity index is 0.00000157. The summed E-state index contributed by atoms with van der Waals surface area (Å²) in [5.41, 5.74) is 4.32. The molecule has 0 amide bonds. The van der Waals surface area contributed by atoms with Crippen molar-refractivity contribution in [1.29, 1.82) is 0 Å². The second kappa shape index (κ2) is 6.34. The molecular formula is C22H26ClNO. The Bertz CT molecular complexity index is 758. The van der Waals surface area contributed by atoms with Gasteiger partial charge in [0, 0.05) is 18.0 Å². The number of nitrogens with zero attached hydrogens (tertiary/aromatic N) is 1. The van der Waals surface area contributed by atoms with Gasteiger partial charge in [-0.05, 0) is 73.4 Å². The van der Waals surface area contributed by atoms with Gasteiger partial charge in [0.05, 0.1) is 0 Å². The lowest BCUT2D eigenvalue weighted by Gasteiger charge is -2.52. The number of phenolic OH excluding ortho intramolecular Hbond substituents is 1. The van der Waals surface area contributed by atoms with Gasteiger partial charge in [-0.25, -0.2) is 0 Å². The maximum Gasteiger partial charge on any atom is 0.115 e. The fraction of sp³-hybridized carbons (Fsp3) is 0.455. The van der Waals surface area contributed by atoms with Gasteiger partial charge in [-0.2, -0.15) is 0 Å². The molecule has 2 unspecified atom stereocenters. The molecule has 2 aromatic rings. The lowest BCUT2D eigenvalue weighted by molar-refractivity contribution is 0.0912. The SMILES string of the molecule is Cl.Oc1ccc2c(c1)C1(c3ccccc3)CCN(CC3CC3)C(C2)C1. The van der Waals surface area contributed by atoms with E-state index in [2.05, 4.69) is 41.3 Å². The molecule has 1 aliphatic heterocycles. The molecule has 1 saturated heterocycles. The van der Waals surface area contributed by atoms with Crippen molar-refractivity contribution in [1.82, 2.24) is 4.90 Å². The summed E-state index contributed by atoms with van der Waals surface area (Å²) < 4.78 is 0. The Labute approximate surface area is 156 Å². The van der Waals surface area contributed by atoms with Crippen molar-refractivity contribution >= 4 is 12.4 Å². The highest BCUT2D eigenvalue weighted by Crippen LogP contribution is 2.50. The molecule has 2 nitrogen and oxygen atoms in total. The zero-order chi connectivity index (χ0) is 16.1. The number of piperidine rings is 1. The molecule has 25 heavy (non-hydrogen) atoms. The zero-order valence-corrected chi connectivity index (χ0v) is 15.3. The molecule has 1 heterocycles. The Morgan fingerprint density at radius 3 is 2.64 bits per heavy atom. The molecule has 132 valence electrons. The predicted molar refractivity (Wildman–Crippen MR) is 104 cm³/mol. The lowest BCUT2D eigenvalue weighted by Crippen LogP contribution is -2.54. The molecule has 2 aromatic carbocycles. The van der Waals surface area contributed by atoms with Crippen LogP contribution < -0.4 is 0 Å². The summed E-state index contributed by atoms with van der Waals surface area (Å²) in [6.45, 7) is 2.48. The van der Waals surface area contributed by atoms with E-state index >= 15 is 0 Å². The minimum absolute atomic E-state index is 0. The Morgan fingerprint density at radius 1 is 1.08 bits per heavy atom. The first-order valence-corrected chi connectivity index (χ1v) is 9.36. The molecule has 1 N–H and O–H groups in total. The van der Waals surface area contributed by atoms with E-state index in [0.717, 1.165) is 18.8 Å². The summed E-state index contributed by atoms with van der Waals surface area (Å²) in [5, 5.41) is 10.1. The molecule has 0 aromatic heterocycles. The third-order valence-electron chi connectivity index (χ3n) is 6.51. The minimum Gasteiger partial charge on any atom is -0.508 e. The van der Waals surface area contributed by atoms with Gasteiger partial charge in [0.1, 0.15) is 5.75 Å². The monoisotopic (exact) mass is 355 g/mol. The second-order valence-electron chi connectivity index (χ2n) is 8.04. The van der Waals surface area contributed by atoms with Gasteiger partial charge in [0.25, 0.3) is 0 Å². The number of halogens is 1. The average molecular weight is 356 g/mol. The normalized spacial score (nSPS) is 28.1. The summed E-state index contributed by atoms with van der Waals surface area (Å²) in [6, 6.07) is 17.7. The van der Waals surface area contributed by atoms with Crippen LogP contribution in [0.1, 0.15) is 42.4 Å². The number of phenols is 1. The van der Waals surface area contributed by atoms with Crippen molar-refractivity contribution in [2.24, 2.45) is 5.92 Å². The van der Waals surface area contributed by atoms with Crippen LogP contribution in [0.2, 0.25) is 0 Å². The quantitative estimate of drug-likeness (QED) is 0.874. The van der Waals surface area contributed by atoms with E-state index in [-0.39, 0.29) is 17.8 Å². The highest BCUT2D eigenvalue weighted by molar-refractivity contribution is 5.85. The average Bonchev–Trinajstić information content (AvgIpc) is 3.43. The molecule has 3 aliphatic rings. The van der Waals surface area contributed by atoms with E-state index in [1.165, 1.54) is 49.0 Å². The summed E-state index contributed by atoms with van der Waals surface area (Å²) >= 11 is 0. The predicted octanol–water partition coefficient (Wildman–Crippen LogP) is 4.53. The van der Waals surface area contributed by atoms with Crippen LogP contribution in [-0.4, -0.2) is 29.1 Å². The van der Waals surface area contributed by atoms with Crippen molar-refractivity contribution < 1.29 is 5.11 Å². The standard InChI is InChI=1S/C22H25NO.ClH/c24-20-9-8-17-12-19-14-22(21(17)13-20,18-4-2-1-3-5-18)10-11-23(19)15-16-6-7-16;/h1-5,8-9,13,16,19,24H,6-7,10-12,14-15H2;1H. The fourth-order valence-electron chi connectivity index (χ4n) is 5.09. The first-order valence-electron chi connectivity index (χ1n) is 9.36. The van der Waals surface area contributed by atoms with E-state index in [1.807, 2.05) is 12.1 Å². The van der Waals surface area contributed by atoms with Gasteiger partial charge in [-0.1, -0.05) is 36.4 Å². The van der Waals surface area contributed by atoms with Gasteiger partial charge in [0.2, 0.25) is 0 Å². The van der Waals surface area contributed by atoms with Crippen molar-refractivity contribution in [2.75, 3.05) is 13.1 Å². The number of fused-ring (bicyclic) bond motifs is 4. The molecule has 5 rings (SSSR count).